The third-order valence-electron chi connectivity index (χ3n) is 4.35. The number of carbonyl (C=O) groups is 1. The highest BCUT2D eigenvalue weighted by Gasteiger charge is 2.29. The molecule has 7 heteroatoms. The second-order valence-corrected chi connectivity index (χ2v) is 6.36. The number of amides is 1. The van der Waals surface area contributed by atoms with Crippen molar-refractivity contribution in [1.29, 1.82) is 0 Å². The van der Waals surface area contributed by atoms with Crippen molar-refractivity contribution < 1.29 is 19.1 Å². The molecule has 2 aliphatic heterocycles. The molecular formula is C14H19BrN2O4. The molecule has 1 aromatic rings. The van der Waals surface area contributed by atoms with E-state index >= 15 is 0 Å². The minimum atomic E-state index is -0.837. The minimum Gasteiger partial charge on any atom is -0.465 e. The maximum Gasteiger partial charge on any atom is 0.407 e. The van der Waals surface area contributed by atoms with Crippen molar-refractivity contribution in [3.05, 3.63) is 16.3 Å². The van der Waals surface area contributed by atoms with Crippen molar-refractivity contribution >= 4 is 22.0 Å². The molecule has 1 aromatic heterocycles. The molecule has 0 unspecified atom stereocenters. The Morgan fingerprint density at radius 1 is 1.19 bits per heavy atom. The van der Waals surface area contributed by atoms with Gasteiger partial charge in [0, 0.05) is 38.1 Å². The molecule has 6 nitrogen and oxygen atoms in total. The molecule has 3 rings (SSSR count). The Balaban J connectivity index is 1.68. The summed E-state index contributed by atoms with van der Waals surface area (Å²) in [5.74, 6) is 1.40. The summed E-state index contributed by atoms with van der Waals surface area (Å²) in [6.45, 7) is 2.64. The van der Waals surface area contributed by atoms with Gasteiger partial charge in [-0.1, -0.05) is 0 Å². The Morgan fingerprint density at radius 2 is 1.86 bits per heavy atom. The van der Waals surface area contributed by atoms with Crippen molar-refractivity contribution in [3.8, 4) is 0 Å². The summed E-state index contributed by atoms with van der Waals surface area (Å²) in [4.78, 5) is 17.1. The predicted octanol–water partition coefficient (Wildman–Crippen LogP) is 3.19. The van der Waals surface area contributed by atoms with Crippen molar-refractivity contribution in [3.63, 3.8) is 0 Å². The van der Waals surface area contributed by atoms with Crippen molar-refractivity contribution in [2.24, 2.45) is 0 Å². The number of carboxylic acid groups (broad SMARTS) is 1. The Bertz CT molecular complexity index is 505. The van der Waals surface area contributed by atoms with E-state index in [-0.39, 0.29) is 5.92 Å². The van der Waals surface area contributed by atoms with Crippen LogP contribution >= 0.6 is 15.9 Å². The molecule has 0 saturated carbocycles. The van der Waals surface area contributed by atoms with Crippen LogP contribution in [0, 0.1) is 0 Å². The molecule has 2 aliphatic rings. The van der Waals surface area contributed by atoms with Gasteiger partial charge in [-0.15, -0.1) is 0 Å². The van der Waals surface area contributed by atoms with Crippen LogP contribution in [0.1, 0.15) is 49.1 Å². The quantitative estimate of drug-likeness (QED) is 0.878. The summed E-state index contributed by atoms with van der Waals surface area (Å²) in [5, 5.41) is 8.99. The van der Waals surface area contributed by atoms with Gasteiger partial charge < -0.3 is 19.2 Å². The van der Waals surface area contributed by atoms with E-state index in [0.29, 0.717) is 23.7 Å². The van der Waals surface area contributed by atoms with E-state index in [1.54, 1.807) is 0 Å². The van der Waals surface area contributed by atoms with Crippen LogP contribution in [0.4, 0.5) is 4.79 Å². The Hall–Kier alpha value is -1.08. The maximum atomic E-state index is 10.9. The molecule has 0 aliphatic carbocycles. The second-order valence-electron chi connectivity index (χ2n) is 5.64. The van der Waals surface area contributed by atoms with E-state index in [9.17, 15) is 4.79 Å². The molecule has 1 amide bonds. The van der Waals surface area contributed by atoms with Gasteiger partial charge in [0.05, 0.1) is 5.69 Å². The van der Waals surface area contributed by atoms with Gasteiger partial charge in [-0.3, -0.25) is 0 Å². The first-order valence-corrected chi connectivity index (χ1v) is 8.16. The molecule has 3 heterocycles. The van der Waals surface area contributed by atoms with Crippen LogP contribution in [0.5, 0.6) is 0 Å². The first-order valence-electron chi connectivity index (χ1n) is 7.37. The number of aromatic nitrogens is 1. The fraction of sp³-hybridized carbons (Fsp3) is 0.714. The highest BCUT2D eigenvalue weighted by molar-refractivity contribution is 9.10. The van der Waals surface area contributed by atoms with Crippen LogP contribution in [-0.4, -0.2) is 47.4 Å². The molecule has 116 valence electrons. The number of likely N-dealkylation sites (tertiary alicyclic amines) is 1. The molecule has 2 saturated heterocycles. The summed E-state index contributed by atoms with van der Waals surface area (Å²) in [5.41, 5.74) is 0.946. The summed E-state index contributed by atoms with van der Waals surface area (Å²) in [6.07, 6.45) is 2.65. The van der Waals surface area contributed by atoms with Gasteiger partial charge in [-0.2, -0.15) is 0 Å². The largest absolute Gasteiger partial charge is 0.465 e. The van der Waals surface area contributed by atoms with E-state index < -0.39 is 6.09 Å². The Labute approximate surface area is 131 Å². The average molecular weight is 359 g/mol. The summed E-state index contributed by atoms with van der Waals surface area (Å²) >= 11 is 3.47. The Kier molecular flexibility index (Phi) is 4.49. The number of rotatable bonds is 2. The SMILES string of the molecule is O=C(O)N1CCC(c2nc(C3CCOCC3)oc2Br)CC1. The average Bonchev–Trinajstić information content (AvgIpc) is 2.90. The first-order chi connectivity index (χ1) is 10.1. The summed E-state index contributed by atoms with van der Waals surface area (Å²) in [6, 6.07) is 0. The van der Waals surface area contributed by atoms with Gasteiger partial charge in [-0.25, -0.2) is 9.78 Å². The van der Waals surface area contributed by atoms with Gasteiger partial charge in [0.1, 0.15) is 0 Å². The zero-order valence-corrected chi connectivity index (χ0v) is 13.3. The molecule has 0 radical (unpaired) electrons. The summed E-state index contributed by atoms with van der Waals surface area (Å²) < 4.78 is 11.9. The van der Waals surface area contributed by atoms with Gasteiger partial charge in [0.2, 0.25) is 0 Å². The highest BCUT2D eigenvalue weighted by Crippen LogP contribution is 2.36. The van der Waals surface area contributed by atoms with Gasteiger partial charge >= 0.3 is 6.09 Å². The van der Waals surface area contributed by atoms with Crippen molar-refractivity contribution in [2.45, 2.75) is 37.5 Å². The van der Waals surface area contributed by atoms with Crippen molar-refractivity contribution in [2.75, 3.05) is 26.3 Å². The standard InChI is InChI=1S/C14H19BrN2O4/c15-12-11(9-1-5-17(6-2-9)14(18)19)16-13(21-12)10-3-7-20-8-4-10/h9-10H,1-8H2,(H,18,19). The zero-order chi connectivity index (χ0) is 14.8. The lowest BCUT2D eigenvalue weighted by molar-refractivity contribution is 0.0792. The molecule has 1 N–H and O–H groups in total. The molecule has 2 fully saturated rings. The monoisotopic (exact) mass is 358 g/mol. The van der Waals surface area contributed by atoms with E-state index in [4.69, 9.17) is 19.2 Å². The number of hydrogen-bond donors (Lipinski definition) is 1. The van der Waals surface area contributed by atoms with Gasteiger partial charge in [0.15, 0.2) is 10.6 Å². The third kappa shape index (κ3) is 3.23. The number of piperidine rings is 1. The van der Waals surface area contributed by atoms with Crippen LogP contribution in [0.25, 0.3) is 0 Å². The topological polar surface area (TPSA) is 75.8 Å². The number of ether oxygens (including phenoxy) is 1. The van der Waals surface area contributed by atoms with Gasteiger partial charge in [-0.05, 0) is 41.6 Å². The van der Waals surface area contributed by atoms with E-state index in [1.807, 2.05) is 0 Å². The van der Waals surface area contributed by atoms with Crippen LogP contribution in [0.2, 0.25) is 0 Å². The third-order valence-corrected chi connectivity index (χ3v) is 4.92. The van der Waals surface area contributed by atoms with Gasteiger partial charge in [0.25, 0.3) is 0 Å². The fourth-order valence-corrected chi connectivity index (χ4v) is 3.62. The van der Waals surface area contributed by atoms with Crippen LogP contribution in [0.15, 0.2) is 9.09 Å². The molecule has 0 aromatic carbocycles. The summed E-state index contributed by atoms with van der Waals surface area (Å²) in [7, 11) is 0. The van der Waals surface area contributed by atoms with Crippen molar-refractivity contribution in [1.82, 2.24) is 9.88 Å². The lowest BCUT2D eigenvalue weighted by Gasteiger charge is -2.28. The van der Waals surface area contributed by atoms with Crippen LogP contribution in [0.3, 0.4) is 0 Å². The Morgan fingerprint density at radius 3 is 2.48 bits per heavy atom. The molecule has 0 spiro atoms. The molecular weight excluding hydrogens is 340 g/mol. The smallest absolute Gasteiger partial charge is 0.407 e. The van der Waals surface area contributed by atoms with E-state index in [1.165, 1.54) is 4.90 Å². The van der Waals surface area contributed by atoms with E-state index in [2.05, 4.69) is 15.9 Å². The lowest BCUT2D eigenvalue weighted by atomic mass is 9.94. The molecule has 0 bridgehead atoms. The van der Waals surface area contributed by atoms with Crippen LogP contribution < -0.4 is 0 Å². The number of nitrogens with zero attached hydrogens (tertiary/aromatic N) is 2. The minimum absolute atomic E-state index is 0.271. The maximum absolute atomic E-state index is 10.9. The van der Waals surface area contributed by atoms with E-state index in [0.717, 1.165) is 50.5 Å². The lowest BCUT2D eigenvalue weighted by Crippen LogP contribution is -2.36. The predicted molar refractivity (Wildman–Crippen MR) is 78.6 cm³/mol. The second kappa shape index (κ2) is 6.36. The normalized spacial score (nSPS) is 21.7. The van der Waals surface area contributed by atoms with Crippen LogP contribution in [-0.2, 0) is 4.74 Å². The number of halogens is 1. The molecule has 0 atom stereocenters. The number of hydrogen-bond acceptors (Lipinski definition) is 4. The zero-order valence-electron chi connectivity index (χ0n) is 11.8. The highest BCUT2D eigenvalue weighted by atomic mass is 79.9. The first kappa shape index (κ1) is 14.8. The molecule has 21 heavy (non-hydrogen) atoms. The fourth-order valence-electron chi connectivity index (χ4n) is 3.04. The number of oxazole rings is 1.